The highest BCUT2D eigenvalue weighted by atomic mass is 19.1. The molecule has 9 heteroatoms. The summed E-state index contributed by atoms with van der Waals surface area (Å²) in [5, 5.41) is 11.3. The fourth-order valence-corrected chi connectivity index (χ4v) is 4.56. The van der Waals surface area contributed by atoms with E-state index >= 15 is 0 Å². The van der Waals surface area contributed by atoms with Crippen molar-refractivity contribution < 1.29 is 9.18 Å². The molecule has 32 heavy (non-hydrogen) atoms. The zero-order valence-electron chi connectivity index (χ0n) is 18.3. The summed E-state index contributed by atoms with van der Waals surface area (Å²) in [5.41, 5.74) is 3.17. The van der Waals surface area contributed by atoms with Gasteiger partial charge in [0.05, 0.1) is 17.9 Å². The summed E-state index contributed by atoms with van der Waals surface area (Å²) >= 11 is 0. The van der Waals surface area contributed by atoms with Gasteiger partial charge in [0.2, 0.25) is 0 Å². The Balaban J connectivity index is 1.50. The van der Waals surface area contributed by atoms with Crippen LogP contribution in [0, 0.1) is 12.8 Å². The van der Waals surface area contributed by atoms with Gasteiger partial charge in [-0.3, -0.25) is 4.79 Å². The third-order valence-corrected chi connectivity index (χ3v) is 6.70. The Morgan fingerprint density at radius 3 is 2.72 bits per heavy atom. The van der Waals surface area contributed by atoms with Crippen LogP contribution in [0.5, 0.6) is 0 Å². The number of carbonyl (C=O) groups is 1. The molecule has 3 atom stereocenters. The number of hydrogen-bond donors (Lipinski definition) is 2. The third kappa shape index (κ3) is 2.60. The lowest BCUT2D eigenvalue weighted by Gasteiger charge is -2.10. The Hall–Kier alpha value is -3.49. The van der Waals surface area contributed by atoms with E-state index < -0.39 is 5.67 Å². The first-order valence-electron chi connectivity index (χ1n) is 10.9. The van der Waals surface area contributed by atoms with Gasteiger partial charge < -0.3 is 15.2 Å². The van der Waals surface area contributed by atoms with Crippen LogP contribution in [0.2, 0.25) is 0 Å². The molecule has 0 aromatic carbocycles. The topological polar surface area (TPSA) is 89.1 Å². The first-order valence-corrected chi connectivity index (χ1v) is 10.9. The smallest absolute Gasteiger partial charge is 0.257 e. The van der Waals surface area contributed by atoms with Gasteiger partial charge in [-0.05, 0) is 38.8 Å². The van der Waals surface area contributed by atoms with Gasteiger partial charge in [0.1, 0.15) is 22.7 Å². The molecule has 2 aliphatic rings. The molecule has 2 aliphatic carbocycles. The fraction of sp³-hybridized carbons (Fsp3) is 0.391. The molecule has 0 spiro atoms. The molecule has 8 nitrogen and oxygen atoms in total. The summed E-state index contributed by atoms with van der Waals surface area (Å²) < 4.78 is 17.8. The Labute approximate surface area is 183 Å². The largest absolute Gasteiger partial charge is 0.373 e. The predicted octanol–water partition coefficient (Wildman–Crippen LogP) is 3.52. The lowest BCUT2D eigenvalue weighted by molar-refractivity contribution is 0.0937. The number of fused-ring (bicyclic) bond motifs is 3. The van der Waals surface area contributed by atoms with Gasteiger partial charge in [-0.1, -0.05) is 0 Å². The van der Waals surface area contributed by atoms with E-state index in [9.17, 15) is 9.18 Å². The number of rotatable bonds is 5. The lowest BCUT2D eigenvalue weighted by Crippen LogP contribution is -2.32. The number of hydrogen-bond acceptors (Lipinski definition) is 5. The molecule has 2 N–H and O–H groups in total. The molecule has 2 fully saturated rings. The van der Waals surface area contributed by atoms with E-state index in [0.717, 1.165) is 22.2 Å². The second-order valence-electron chi connectivity index (χ2n) is 9.19. The van der Waals surface area contributed by atoms with Gasteiger partial charge in [0, 0.05) is 48.4 Å². The molecule has 6 rings (SSSR count). The minimum absolute atomic E-state index is 0.0254. The molecular formula is C23H24FN7O. The van der Waals surface area contributed by atoms with Crippen LogP contribution >= 0.6 is 0 Å². The van der Waals surface area contributed by atoms with E-state index in [2.05, 4.69) is 51.4 Å². The summed E-state index contributed by atoms with van der Waals surface area (Å²) in [7, 11) is 1.80. The number of carbonyl (C=O) groups excluding carboxylic acids is 1. The molecule has 4 aromatic heterocycles. The number of aromatic nitrogens is 5. The van der Waals surface area contributed by atoms with Crippen molar-refractivity contribution in [3.63, 3.8) is 0 Å². The van der Waals surface area contributed by atoms with Crippen molar-refractivity contribution in [2.75, 3.05) is 12.4 Å². The van der Waals surface area contributed by atoms with Gasteiger partial charge >= 0.3 is 0 Å². The van der Waals surface area contributed by atoms with Crippen molar-refractivity contribution in [1.82, 2.24) is 29.5 Å². The summed E-state index contributed by atoms with van der Waals surface area (Å²) in [6, 6.07) is 3.86. The Morgan fingerprint density at radius 2 is 2.06 bits per heavy atom. The first kappa shape index (κ1) is 19.2. The van der Waals surface area contributed by atoms with Crippen LogP contribution in [0.15, 0.2) is 30.7 Å². The minimum Gasteiger partial charge on any atom is -0.373 e. The highest BCUT2D eigenvalue weighted by molar-refractivity contribution is 6.01. The number of nitrogens with one attached hydrogen (secondary N) is 2. The van der Waals surface area contributed by atoms with Gasteiger partial charge in [-0.2, -0.15) is 9.61 Å². The van der Waals surface area contributed by atoms with E-state index in [-0.39, 0.29) is 23.9 Å². The summed E-state index contributed by atoms with van der Waals surface area (Å²) in [5.74, 6) is 0.331. The van der Waals surface area contributed by atoms with Crippen LogP contribution in [0.4, 0.5) is 10.2 Å². The van der Waals surface area contributed by atoms with Crippen molar-refractivity contribution in [1.29, 1.82) is 0 Å². The second kappa shape index (κ2) is 6.27. The third-order valence-electron chi connectivity index (χ3n) is 6.70. The van der Waals surface area contributed by atoms with Crippen molar-refractivity contribution in [3.8, 4) is 11.3 Å². The standard InChI is InChI=1S/C23H24FN7O/c1-11(2)30-10-15(13-5-12(3)8-26-20(13)30)17-6-18(25-4)31-21(28-17)14(9-27-31)22(32)29-19-16-7-23(16,19)24/h5-6,8-11,16,19,25H,7H2,1-4H3,(H,29,32)/t16?,19-,23?/m0/s1. The summed E-state index contributed by atoms with van der Waals surface area (Å²) in [6.45, 7) is 6.23. The van der Waals surface area contributed by atoms with Crippen LogP contribution in [0.3, 0.4) is 0 Å². The number of aryl methyl sites for hydroxylation is 1. The van der Waals surface area contributed by atoms with Crippen LogP contribution in [-0.2, 0) is 0 Å². The van der Waals surface area contributed by atoms with E-state index in [1.54, 1.807) is 11.6 Å². The molecule has 0 radical (unpaired) electrons. The lowest BCUT2D eigenvalue weighted by atomic mass is 10.1. The maximum Gasteiger partial charge on any atom is 0.257 e. The number of nitrogens with zero attached hydrogens (tertiary/aromatic N) is 5. The quantitative estimate of drug-likeness (QED) is 0.503. The molecule has 4 heterocycles. The monoisotopic (exact) mass is 433 g/mol. The van der Waals surface area contributed by atoms with E-state index in [1.807, 2.05) is 19.2 Å². The maximum absolute atomic E-state index is 14.0. The number of halogens is 1. The zero-order valence-corrected chi connectivity index (χ0v) is 18.3. The minimum atomic E-state index is -1.18. The Kier molecular flexibility index (Phi) is 3.77. The van der Waals surface area contributed by atoms with Crippen molar-refractivity contribution in [3.05, 3.63) is 41.9 Å². The van der Waals surface area contributed by atoms with Crippen LogP contribution in [0.1, 0.15) is 42.2 Å². The van der Waals surface area contributed by atoms with Gasteiger partial charge in [-0.15, -0.1) is 0 Å². The highest BCUT2D eigenvalue weighted by Gasteiger charge is 2.81. The van der Waals surface area contributed by atoms with Gasteiger partial charge in [-0.25, -0.2) is 14.4 Å². The molecule has 0 aliphatic heterocycles. The average Bonchev–Trinajstić information content (AvgIpc) is 3.39. The molecule has 0 saturated heterocycles. The van der Waals surface area contributed by atoms with Crippen molar-refractivity contribution in [2.45, 2.75) is 44.9 Å². The number of alkyl halides is 1. The van der Waals surface area contributed by atoms with E-state index in [1.165, 1.54) is 6.20 Å². The Morgan fingerprint density at radius 1 is 1.28 bits per heavy atom. The molecule has 164 valence electrons. The molecule has 1 amide bonds. The average molecular weight is 433 g/mol. The number of anilines is 1. The van der Waals surface area contributed by atoms with Gasteiger partial charge in [0.15, 0.2) is 5.65 Å². The molecule has 0 bridgehead atoms. The van der Waals surface area contributed by atoms with Crippen LogP contribution in [-0.4, -0.2) is 48.8 Å². The van der Waals surface area contributed by atoms with Crippen molar-refractivity contribution >= 4 is 28.4 Å². The SMILES string of the molecule is CNc1cc(-c2cn(C(C)C)c3ncc(C)cc23)nc2c(C(=O)N[C@H]3C4CC43F)cnn12. The Bertz CT molecular complexity index is 1420. The van der Waals surface area contributed by atoms with Crippen LogP contribution < -0.4 is 10.6 Å². The van der Waals surface area contributed by atoms with Crippen LogP contribution in [0.25, 0.3) is 27.9 Å². The maximum atomic E-state index is 14.0. The second-order valence-corrected chi connectivity index (χ2v) is 9.19. The first-order chi connectivity index (χ1) is 15.3. The number of pyridine rings is 1. The van der Waals surface area contributed by atoms with E-state index in [0.29, 0.717) is 29.1 Å². The van der Waals surface area contributed by atoms with Crippen molar-refractivity contribution in [2.24, 2.45) is 5.92 Å². The summed E-state index contributed by atoms with van der Waals surface area (Å²) in [6.07, 6.45) is 5.96. The fourth-order valence-electron chi connectivity index (χ4n) is 4.56. The zero-order chi connectivity index (χ0) is 22.4. The highest BCUT2D eigenvalue weighted by Crippen LogP contribution is 2.69. The molecular weight excluding hydrogens is 409 g/mol. The van der Waals surface area contributed by atoms with Gasteiger partial charge in [0.25, 0.3) is 5.91 Å². The molecule has 4 aromatic rings. The predicted molar refractivity (Wildman–Crippen MR) is 120 cm³/mol. The molecule has 2 saturated carbocycles. The number of amides is 1. The molecule has 2 unspecified atom stereocenters. The van der Waals surface area contributed by atoms with E-state index in [4.69, 9.17) is 4.98 Å². The normalized spacial score (nSPS) is 23.6. The summed E-state index contributed by atoms with van der Waals surface area (Å²) in [4.78, 5) is 22.3.